The fourth-order valence-corrected chi connectivity index (χ4v) is 5.06. The van der Waals surface area contributed by atoms with Crippen molar-refractivity contribution in [2.24, 2.45) is 0 Å². The summed E-state index contributed by atoms with van der Waals surface area (Å²) in [4.78, 5) is 12.5. The number of anilines is 1. The predicted molar refractivity (Wildman–Crippen MR) is 109 cm³/mol. The molecule has 1 aliphatic rings. The van der Waals surface area contributed by atoms with Crippen LogP contribution in [0, 0.1) is 0 Å². The molecule has 0 fully saturated rings. The Morgan fingerprint density at radius 2 is 2.07 bits per heavy atom. The van der Waals surface area contributed by atoms with Crippen LogP contribution in [0.3, 0.4) is 0 Å². The molecule has 2 aromatic rings. The standard InChI is InChI=1S/C19H21BrN2O5S/c1-3-10-21-19(23)18-12-22(15-6-4-5-7-17(15)27-18)28(24,25)13-8-9-16(26-2)14(20)11-13/h4-9,11,18H,3,10,12H2,1-2H3,(H,21,23). The van der Waals surface area contributed by atoms with E-state index in [1.54, 1.807) is 30.3 Å². The minimum absolute atomic E-state index is 0.0876. The second-order valence-electron chi connectivity index (χ2n) is 6.20. The van der Waals surface area contributed by atoms with E-state index in [2.05, 4.69) is 21.2 Å². The number of benzene rings is 2. The lowest BCUT2D eigenvalue weighted by Crippen LogP contribution is -2.50. The van der Waals surface area contributed by atoms with Gasteiger partial charge in [0.15, 0.2) is 6.10 Å². The average Bonchev–Trinajstić information content (AvgIpc) is 2.70. The SMILES string of the molecule is CCCNC(=O)C1CN(S(=O)(=O)c2ccc(OC)c(Br)c2)c2ccccc2O1. The third kappa shape index (κ3) is 3.95. The number of hydrogen-bond donors (Lipinski definition) is 1. The summed E-state index contributed by atoms with van der Waals surface area (Å²) in [5.41, 5.74) is 0.397. The van der Waals surface area contributed by atoms with Gasteiger partial charge in [-0.05, 0) is 52.7 Å². The number of ether oxygens (including phenoxy) is 2. The number of carbonyl (C=O) groups is 1. The zero-order chi connectivity index (χ0) is 20.3. The van der Waals surface area contributed by atoms with Crippen molar-refractivity contribution < 1.29 is 22.7 Å². The number of para-hydroxylation sites is 2. The van der Waals surface area contributed by atoms with Gasteiger partial charge in [-0.15, -0.1) is 0 Å². The first-order valence-electron chi connectivity index (χ1n) is 8.78. The molecule has 1 atom stereocenters. The Morgan fingerprint density at radius 3 is 2.75 bits per heavy atom. The van der Waals surface area contributed by atoms with Gasteiger partial charge in [0, 0.05) is 6.54 Å². The van der Waals surface area contributed by atoms with E-state index < -0.39 is 16.1 Å². The number of methoxy groups -OCH3 is 1. The van der Waals surface area contributed by atoms with Gasteiger partial charge in [-0.3, -0.25) is 9.10 Å². The highest BCUT2D eigenvalue weighted by molar-refractivity contribution is 9.10. The van der Waals surface area contributed by atoms with E-state index in [0.29, 0.717) is 28.2 Å². The number of sulfonamides is 1. The van der Waals surface area contributed by atoms with Crippen molar-refractivity contribution in [1.29, 1.82) is 0 Å². The van der Waals surface area contributed by atoms with Crippen LogP contribution in [0.25, 0.3) is 0 Å². The normalized spacial score (nSPS) is 16.1. The van der Waals surface area contributed by atoms with Gasteiger partial charge in [0.25, 0.3) is 15.9 Å². The van der Waals surface area contributed by atoms with Crippen LogP contribution in [0.4, 0.5) is 5.69 Å². The summed E-state index contributed by atoms with van der Waals surface area (Å²) in [7, 11) is -2.42. The summed E-state index contributed by atoms with van der Waals surface area (Å²) in [6, 6.07) is 11.3. The van der Waals surface area contributed by atoms with Crippen molar-refractivity contribution >= 4 is 37.5 Å². The number of hydrogen-bond acceptors (Lipinski definition) is 5. The molecule has 28 heavy (non-hydrogen) atoms. The number of halogens is 1. The quantitative estimate of drug-likeness (QED) is 0.704. The van der Waals surface area contributed by atoms with Gasteiger partial charge >= 0.3 is 0 Å². The van der Waals surface area contributed by atoms with Crippen LogP contribution < -0.4 is 19.1 Å². The first-order chi connectivity index (χ1) is 13.4. The second kappa shape index (κ2) is 8.40. The molecule has 1 N–H and O–H groups in total. The van der Waals surface area contributed by atoms with Gasteiger partial charge in [0.1, 0.15) is 11.5 Å². The molecule has 150 valence electrons. The first-order valence-corrected chi connectivity index (χ1v) is 11.0. The Balaban J connectivity index is 2.00. The molecule has 1 heterocycles. The van der Waals surface area contributed by atoms with Crippen LogP contribution in [0.15, 0.2) is 51.8 Å². The molecule has 9 heteroatoms. The van der Waals surface area contributed by atoms with Crippen molar-refractivity contribution in [2.75, 3.05) is 24.5 Å². The van der Waals surface area contributed by atoms with Gasteiger partial charge < -0.3 is 14.8 Å². The predicted octanol–water partition coefficient (Wildman–Crippen LogP) is 2.94. The van der Waals surface area contributed by atoms with Crippen molar-refractivity contribution in [1.82, 2.24) is 5.32 Å². The van der Waals surface area contributed by atoms with E-state index in [4.69, 9.17) is 9.47 Å². The molecule has 0 bridgehead atoms. The lowest BCUT2D eigenvalue weighted by molar-refractivity contribution is -0.127. The summed E-state index contributed by atoms with van der Waals surface area (Å²) in [5, 5.41) is 2.76. The molecule has 0 spiro atoms. The molecule has 0 aliphatic carbocycles. The molecular formula is C19H21BrN2O5S. The lowest BCUT2D eigenvalue weighted by atomic mass is 10.2. The lowest BCUT2D eigenvalue weighted by Gasteiger charge is -2.34. The number of carbonyl (C=O) groups excluding carboxylic acids is 1. The highest BCUT2D eigenvalue weighted by Crippen LogP contribution is 2.38. The third-order valence-corrected chi connectivity index (χ3v) is 6.68. The Hall–Kier alpha value is -2.26. The van der Waals surface area contributed by atoms with E-state index >= 15 is 0 Å². The van der Waals surface area contributed by atoms with Gasteiger partial charge in [-0.25, -0.2) is 8.42 Å². The molecule has 1 amide bonds. The zero-order valence-corrected chi connectivity index (χ0v) is 17.9. The highest BCUT2D eigenvalue weighted by Gasteiger charge is 2.37. The van der Waals surface area contributed by atoms with E-state index in [9.17, 15) is 13.2 Å². The number of fused-ring (bicyclic) bond motifs is 1. The summed E-state index contributed by atoms with van der Waals surface area (Å²) in [5.74, 6) is 0.534. The minimum Gasteiger partial charge on any atom is -0.496 e. The third-order valence-electron chi connectivity index (χ3n) is 4.29. The average molecular weight is 469 g/mol. The Labute approximate surface area is 172 Å². The maximum absolute atomic E-state index is 13.4. The second-order valence-corrected chi connectivity index (χ2v) is 8.91. The topological polar surface area (TPSA) is 84.9 Å². The maximum Gasteiger partial charge on any atom is 0.264 e. The maximum atomic E-state index is 13.4. The van der Waals surface area contributed by atoms with E-state index in [0.717, 1.165) is 6.42 Å². The number of amides is 1. The molecule has 2 aromatic carbocycles. The molecule has 0 saturated heterocycles. The van der Waals surface area contributed by atoms with Gasteiger partial charge in [0.05, 0.1) is 28.7 Å². The number of rotatable bonds is 6. The van der Waals surface area contributed by atoms with Crippen LogP contribution in [0.1, 0.15) is 13.3 Å². The fraction of sp³-hybridized carbons (Fsp3) is 0.316. The van der Waals surface area contributed by atoms with Gasteiger partial charge in [-0.2, -0.15) is 0 Å². The largest absolute Gasteiger partial charge is 0.496 e. The summed E-state index contributed by atoms with van der Waals surface area (Å²) < 4.78 is 39.4. The molecule has 3 rings (SSSR count). The summed E-state index contributed by atoms with van der Waals surface area (Å²) >= 11 is 3.32. The van der Waals surface area contributed by atoms with Crippen molar-refractivity contribution in [3.63, 3.8) is 0 Å². The highest BCUT2D eigenvalue weighted by atomic mass is 79.9. The van der Waals surface area contributed by atoms with E-state index in [1.165, 1.54) is 23.5 Å². The van der Waals surface area contributed by atoms with E-state index in [1.807, 2.05) is 6.92 Å². The number of nitrogens with one attached hydrogen (secondary N) is 1. The van der Waals surface area contributed by atoms with Crippen LogP contribution in [-0.4, -0.2) is 40.6 Å². The smallest absolute Gasteiger partial charge is 0.264 e. The molecule has 1 aliphatic heterocycles. The first kappa shape index (κ1) is 20.5. The van der Waals surface area contributed by atoms with Crippen molar-refractivity contribution in [3.8, 4) is 11.5 Å². The van der Waals surface area contributed by atoms with Crippen LogP contribution in [0.2, 0.25) is 0 Å². The molecule has 0 radical (unpaired) electrons. The van der Waals surface area contributed by atoms with E-state index in [-0.39, 0.29) is 17.3 Å². The van der Waals surface area contributed by atoms with Crippen LogP contribution >= 0.6 is 15.9 Å². The molecule has 7 nitrogen and oxygen atoms in total. The fourth-order valence-electron chi connectivity index (χ4n) is 2.86. The van der Waals surface area contributed by atoms with Crippen LogP contribution in [0.5, 0.6) is 11.5 Å². The van der Waals surface area contributed by atoms with Gasteiger partial charge in [-0.1, -0.05) is 19.1 Å². The Kier molecular flexibility index (Phi) is 6.14. The minimum atomic E-state index is -3.92. The summed E-state index contributed by atoms with van der Waals surface area (Å²) in [6.45, 7) is 2.33. The Bertz CT molecular complexity index is 980. The molecule has 1 unspecified atom stereocenters. The molecular weight excluding hydrogens is 448 g/mol. The zero-order valence-electron chi connectivity index (χ0n) is 15.5. The number of nitrogens with zero attached hydrogens (tertiary/aromatic N) is 1. The molecule has 0 saturated carbocycles. The van der Waals surface area contributed by atoms with Crippen molar-refractivity contribution in [2.45, 2.75) is 24.3 Å². The van der Waals surface area contributed by atoms with Crippen molar-refractivity contribution in [3.05, 3.63) is 46.9 Å². The van der Waals surface area contributed by atoms with Crippen LogP contribution in [-0.2, 0) is 14.8 Å². The summed E-state index contributed by atoms with van der Waals surface area (Å²) in [6.07, 6.45) is -0.158. The van der Waals surface area contributed by atoms with Gasteiger partial charge in [0.2, 0.25) is 0 Å². The monoisotopic (exact) mass is 468 g/mol. The Morgan fingerprint density at radius 1 is 1.32 bits per heavy atom. The molecule has 0 aromatic heterocycles.